The lowest BCUT2D eigenvalue weighted by Gasteiger charge is -2.14. The summed E-state index contributed by atoms with van der Waals surface area (Å²) in [6, 6.07) is 10.5. The highest BCUT2D eigenvalue weighted by Crippen LogP contribution is 2.65. The Morgan fingerprint density at radius 3 is 2.57 bits per heavy atom. The van der Waals surface area contributed by atoms with Crippen molar-refractivity contribution in [3.05, 3.63) is 35.9 Å². The average molecular weight is 186 g/mol. The Balaban J connectivity index is 1.99. The molecule has 0 N–H and O–H groups in total. The van der Waals surface area contributed by atoms with Crippen LogP contribution in [-0.2, 0) is 10.2 Å². The molecule has 14 heavy (non-hydrogen) atoms. The number of ketones is 1. The molecule has 2 aliphatic carbocycles. The molecule has 1 aromatic rings. The van der Waals surface area contributed by atoms with Crippen molar-refractivity contribution < 1.29 is 4.79 Å². The van der Waals surface area contributed by atoms with E-state index in [2.05, 4.69) is 31.2 Å². The molecule has 1 nitrogen and oxygen atoms in total. The van der Waals surface area contributed by atoms with Gasteiger partial charge in [-0.05, 0) is 17.9 Å². The fourth-order valence-electron chi connectivity index (χ4n) is 3.27. The van der Waals surface area contributed by atoms with E-state index in [0.717, 1.165) is 12.8 Å². The third-order valence-corrected chi connectivity index (χ3v) is 4.15. The van der Waals surface area contributed by atoms with Gasteiger partial charge in [-0.25, -0.2) is 0 Å². The first-order valence-corrected chi connectivity index (χ1v) is 5.33. The average Bonchev–Trinajstić information content (AvgIpc) is 2.61. The van der Waals surface area contributed by atoms with E-state index < -0.39 is 0 Å². The van der Waals surface area contributed by atoms with Crippen molar-refractivity contribution in [3.8, 4) is 0 Å². The van der Waals surface area contributed by atoms with Crippen molar-refractivity contribution in [1.82, 2.24) is 0 Å². The van der Waals surface area contributed by atoms with E-state index >= 15 is 0 Å². The number of hydrogen-bond acceptors (Lipinski definition) is 1. The maximum absolute atomic E-state index is 11.6. The van der Waals surface area contributed by atoms with Gasteiger partial charge >= 0.3 is 0 Å². The molecule has 0 radical (unpaired) electrons. The van der Waals surface area contributed by atoms with Crippen molar-refractivity contribution in [2.75, 3.05) is 0 Å². The smallest absolute Gasteiger partial charge is 0.137 e. The molecule has 2 unspecified atom stereocenters. The monoisotopic (exact) mass is 186 g/mol. The first-order chi connectivity index (χ1) is 6.74. The van der Waals surface area contributed by atoms with Gasteiger partial charge in [0, 0.05) is 17.8 Å². The minimum absolute atomic E-state index is 0.177. The van der Waals surface area contributed by atoms with Gasteiger partial charge in [-0.3, -0.25) is 4.79 Å². The van der Waals surface area contributed by atoms with E-state index in [-0.39, 0.29) is 5.41 Å². The van der Waals surface area contributed by atoms with Crippen LogP contribution in [-0.4, -0.2) is 5.78 Å². The molecule has 2 aliphatic rings. The highest BCUT2D eigenvalue weighted by atomic mass is 16.1. The molecule has 72 valence electrons. The lowest BCUT2D eigenvalue weighted by molar-refractivity contribution is -0.119. The lowest BCUT2D eigenvalue weighted by atomic mass is 9.89. The molecule has 1 aromatic carbocycles. The number of rotatable bonds is 1. The fourth-order valence-corrected chi connectivity index (χ4v) is 3.27. The van der Waals surface area contributed by atoms with Crippen LogP contribution in [0.2, 0.25) is 0 Å². The minimum atomic E-state index is 0.177. The zero-order valence-electron chi connectivity index (χ0n) is 8.36. The SMILES string of the molecule is C[C@]1(c2ccccc2)C2CCC(=O)C21. The normalized spacial score (nSPS) is 39.6. The number of fused-ring (bicyclic) bond motifs is 1. The Hall–Kier alpha value is -1.11. The molecule has 2 saturated carbocycles. The quantitative estimate of drug-likeness (QED) is 0.658. The van der Waals surface area contributed by atoms with Gasteiger partial charge < -0.3 is 0 Å². The van der Waals surface area contributed by atoms with E-state index in [1.807, 2.05) is 6.07 Å². The predicted octanol–water partition coefficient (Wildman–Crippen LogP) is 2.55. The van der Waals surface area contributed by atoms with Gasteiger partial charge in [0.25, 0.3) is 0 Å². The van der Waals surface area contributed by atoms with Crippen molar-refractivity contribution in [1.29, 1.82) is 0 Å². The third kappa shape index (κ3) is 0.827. The van der Waals surface area contributed by atoms with Gasteiger partial charge in [-0.1, -0.05) is 37.3 Å². The van der Waals surface area contributed by atoms with Gasteiger partial charge in [0.05, 0.1) is 0 Å². The van der Waals surface area contributed by atoms with Crippen LogP contribution in [0.15, 0.2) is 30.3 Å². The molecular formula is C13H14O. The van der Waals surface area contributed by atoms with E-state index in [1.54, 1.807) is 0 Å². The summed E-state index contributed by atoms with van der Waals surface area (Å²) in [7, 11) is 0. The van der Waals surface area contributed by atoms with Gasteiger partial charge in [0.1, 0.15) is 5.78 Å². The van der Waals surface area contributed by atoms with Gasteiger partial charge in [0.2, 0.25) is 0 Å². The molecule has 0 aliphatic heterocycles. The number of Topliss-reactive ketones (excluding diaryl/α,β-unsaturated/α-hetero) is 1. The zero-order chi connectivity index (χ0) is 9.76. The van der Waals surface area contributed by atoms with Crippen LogP contribution >= 0.6 is 0 Å². The van der Waals surface area contributed by atoms with Gasteiger partial charge in [-0.15, -0.1) is 0 Å². The molecule has 0 saturated heterocycles. The molecular weight excluding hydrogens is 172 g/mol. The number of carbonyl (C=O) groups is 1. The fraction of sp³-hybridized carbons (Fsp3) is 0.462. The molecule has 0 spiro atoms. The Morgan fingerprint density at radius 2 is 2.00 bits per heavy atom. The highest BCUT2D eigenvalue weighted by molar-refractivity contribution is 5.89. The van der Waals surface area contributed by atoms with Crippen LogP contribution in [0.3, 0.4) is 0 Å². The van der Waals surface area contributed by atoms with Crippen LogP contribution < -0.4 is 0 Å². The van der Waals surface area contributed by atoms with E-state index in [1.165, 1.54) is 5.56 Å². The van der Waals surface area contributed by atoms with Crippen molar-refractivity contribution >= 4 is 5.78 Å². The summed E-state index contributed by atoms with van der Waals surface area (Å²) in [6.07, 6.45) is 1.92. The highest BCUT2D eigenvalue weighted by Gasteiger charge is 2.67. The summed E-state index contributed by atoms with van der Waals surface area (Å²) in [5.41, 5.74) is 1.53. The summed E-state index contributed by atoms with van der Waals surface area (Å²) in [4.78, 5) is 11.6. The summed E-state index contributed by atoms with van der Waals surface area (Å²) in [5.74, 6) is 1.46. The molecule has 0 aromatic heterocycles. The molecule has 3 rings (SSSR count). The van der Waals surface area contributed by atoms with Crippen LogP contribution in [0.1, 0.15) is 25.3 Å². The summed E-state index contributed by atoms with van der Waals surface area (Å²) in [6.45, 7) is 2.24. The first kappa shape index (κ1) is 8.22. The van der Waals surface area contributed by atoms with Crippen molar-refractivity contribution in [2.45, 2.75) is 25.2 Å². The van der Waals surface area contributed by atoms with E-state index in [0.29, 0.717) is 17.6 Å². The second-order valence-corrected chi connectivity index (χ2v) is 4.74. The summed E-state index contributed by atoms with van der Waals surface area (Å²) < 4.78 is 0. The second kappa shape index (κ2) is 2.47. The molecule has 0 heterocycles. The number of carbonyl (C=O) groups excluding carboxylic acids is 1. The van der Waals surface area contributed by atoms with Crippen LogP contribution in [0.5, 0.6) is 0 Å². The van der Waals surface area contributed by atoms with Crippen LogP contribution in [0.4, 0.5) is 0 Å². The molecule has 1 heteroatoms. The minimum Gasteiger partial charge on any atom is -0.299 e. The standard InChI is InChI=1S/C13H14O/c1-13(9-5-3-2-4-6-9)10-7-8-11(14)12(10)13/h2-6,10,12H,7-8H2,1H3/t10?,12?,13-/m0/s1. The number of hydrogen-bond donors (Lipinski definition) is 0. The summed E-state index contributed by atoms with van der Waals surface area (Å²) >= 11 is 0. The largest absolute Gasteiger partial charge is 0.299 e. The Morgan fingerprint density at radius 1 is 1.29 bits per heavy atom. The molecule has 0 bridgehead atoms. The lowest BCUT2D eigenvalue weighted by Crippen LogP contribution is -2.13. The Kier molecular flexibility index (Phi) is 1.45. The van der Waals surface area contributed by atoms with Crippen molar-refractivity contribution in [3.63, 3.8) is 0 Å². The van der Waals surface area contributed by atoms with Crippen molar-refractivity contribution in [2.24, 2.45) is 11.8 Å². The summed E-state index contributed by atoms with van der Waals surface area (Å²) in [5, 5.41) is 0. The maximum Gasteiger partial charge on any atom is 0.137 e. The van der Waals surface area contributed by atoms with Gasteiger partial charge in [-0.2, -0.15) is 0 Å². The Labute approximate surface area is 84.1 Å². The van der Waals surface area contributed by atoms with Crippen LogP contribution in [0, 0.1) is 11.8 Å². The molecule has 2 fully saturated rings. The first-order valence-electron chi connectivity index (χ1n) is 5.33. The predicted molar refractivity (Wildman–Crippen MR) is 55.0 cm³/mol. The zero-order valence-corrected chi connectivity index (χ0v) is 8.36. The second-order valence-electron chi connectivity index (χ2n) is 4.74. The maximum atomic E-state index is 11.6. The number of benzene rings is 1. The third-order valence-electron chi connectivity index (χ3n) is 4.15. The molecule has 3 atom stereocenters. The van der Waals surface area contributed by atoms with Gasteiger partial charge in [0.15, 0.2) is 0 Å². The van der Waals surface area contributed by atoms with E-state index in [4.69, 9.17) is 0 Å². The topological polar surface area (TPSA) is 17.1 Å². The van der Waals surface area contributed by atoms with E-state index in [9.17, 15) is 4.79 Å². The molecule has 0 amide bonds. The van der Waals surface area contributed by atoms with Crippen LogP contribution in [0.25, 0.3) is 0 Å². The Bertz CT molecular complexity index is 381.